The lowest BCUT2D eigenvalue weighted by atomic mass is 9.75. The maximum Gasteiger partial charge on any atom is 0.475 e. The average Bonchev–Trinajstić information content (AvgIpc) is 3.08. The number of thiazole rings is 1. The number of allylic oxidation sites excluding steroid dienone is 4. The van der Waals surface area contributed by atoms with Gasteiger partial charge < -0.3 is 15.4 Å². The zero-order valence-electron chi connectivity index (χ0n) is 16.4. The van der Waals surface area contributed by atoms with Gasteiger partial charge in [0, 0.05) is 18.7 Å². The number of nitrogens with zero attached hydrogens (tertiary/aromatic N) is 1. The Morgan fingerprint density at radius 2 is 2.10 bits per heavy atom. The van der Waals surface area contributed by atoms with Crippen LogP contribution in [-0.2, 0) is 11.3 Å². The Bertz CT molecular complexity index is 1070. The molecule has 1 atom stereocenters. The van der Waals surface area contributed by atoms with E-state index >= 15 is 0 Å². The number of amides is 1. The van der Waals surface area contributed by atoms with Gasteiger partial charge in [0.15, 0.2) is 0 Å². The van der Waals surface area contributed by atoms with Crippen LogP contribution in [0.5, 0.6) is 0 Å². The molecule has 0 aliphatic carbocycles. The highest BCUT2D eigenvalue weighted by Crippen LogP contribution is 2.22. The van der Waals surface area contributed by atoms with Crippen LogP contribution in [0.25, 0.3) is 10.2 Å². The summed E-state index contributed by atoms with van der Waals surface area (Å²) >= 11 is 2.72. The summed E-state index contributed by atoms with van der Waals surface area (Å²) in [6, 6.07) is 7.44. The van der Waals surface area contributed by atoms with E-state index in [0.717, 1.165) is 38.5 Å². The highest BCUT2D eigenvalue weighted by atomic mass is 32.2. The lowest BCUT2D eigenvalue weighted by molar-refractivity contribution is -0.121. The Balaban J connectivity index is 1.64. The maximum absolute atomic E-state index is 12.5. The van der Waals surface area contributed by atoms with Gasteiger partial charge in [-0.3, -0.25) is 14.2 Å². The number of para-hydroxylation sites is 1. The smallest absolute Gasteiger partial charge is 0.426 e. The minimum atomic E-state index is -1.72. The lowest BCUT2D eigenvalue weighted by Crippen LogP contribution is -2.47. The Hall–Kier alpha value is -2.33. The summed E-state index contributed by atoms with van der Waals surface area (Å²) in [4.78, 5) is 24.6. The first-order valence-corrected chi connectivity index (χ1v) is 11.4. The van der Waals surface area contributed by atoms with E-state index in [0.29, 0.717) is 0 Å². The number of hydrogen-bond acceptors (Lipinski definition) is 6. The summed E-state index contributed by atoms with van der Waals surface area (Å²) in [6.45, 7) is 4.25. The molecule has 2 aromatic rings. The van der Waals surface area contributed by atoms with Gasteiger partial charge in [-0.15, -0.1) is 11.8 Å². The van der Waals surface area contributed by atoms with Crippen LogP contribution < -0.4 is 10.2 Å². The third kappa shape index (κ3) is 5.85. The molecule has 0 saturated carbocycles. The van der Waals surface area contributed by atoms with Crippen LogP contribution in [0.15, 0.2) is 76.5 Å². The maximum atomic E-state index is 12.5. The third-order valence-electron chi connectivity index (χ3n) is 4.66. The molecule has 3 rings (SSSR count). The number of rotatable bonds is 7. The van der Waals surface area contributed by atoms with Crippen molar-refractivity contribution in [2.45, 2.75) is 25.3 Å². The monoisotopic (exact) mass is 442 g/mol. The van der Waals surface area contributed by atoms with Gasteiger partial charge in [-0.2, -0.15) is 0 Å². The summed E-state index contributed by atoms with van der Waals surface area (Å²) < 4.78 is 2.44. The molecule has 6 nitrogen and oxygen atoms in total. The van der Waals surface area contributed by atoms with E-state index in [1.807, 2.05) is 54.0 Å². The van der Waals surface area contributed by atoms with Crippen molar-refractivity contribution in [2.24, 2.45) is 0 Å². The fraction of sp³-hybridized carbons (Fsp3) is 0.238. The number of hydrogen-bond donors (Lipinski definition) is 3. The molecular weight excluding hydrogens is 419 g/mol. The Labute approximate surface area is 183 Å². The normalized spacial score (nSPS) is 17.4. The van der Waals surface area contributed by atoms with Crippen molar-refractivity contribution in [3.8, 4) is 0 Å². The summed E-state index contributed by atoms with van der Waals surface area (Å²) in [6.07, 6.45) is 7.98. The van der Waals surface area contributed by atoms with Gasteiger partial charge >= 0.3 is 12.0 Å². The zero-order valence-corrected chi connectivity index (χ0v) is 18.0. The van der Waals surface area contributed by atoms with Gasteiger partial charge in [-0.05, 0) is 35.1 Å². The van der Waals surface area contributed by atoms with Crippen molar-refractivity contribution in [1.29, 1.82) is 0 Å². The van der Waals surface area contributed by atoms with E-state index in [-0.39, 0.29) is 30.2 Å². The van der Waals surface area contributed by atoms with E-state index in [9.17, 15) is 19.6 Å². The number of fused-ring (bicyclic) bond motifs is 1. The molecular formula is C21H23BN2O4S2. The number of aryl methyl sites for hydroxylation is 1. The number of thioether (sulfide) groups is 1. The third-order valence-corrected chi connectivity index (χ3v) is 6.45. The number of carbonyl (C=O) groups excluding carboxylic acids is 1. The van der Waals surface area contributed by atoms with Crippen LogP contribution in [0.1, 0.15) is 12.8 Å². The van der Waals surface area contributed by atoms with Crippen molar-refractivity contribution < 1.29 is 14.8 Å². The summed E-state index contributed by atoms with van der Waals surface area (Å²) in [5.41, 5.74) is 2.38. The zero-order chi connectivity index (χ0) is 21.5. The predicted octanol–water partition coefficient (Wildman–Crippen LogP) is 2.64. The molecule has 0 saturated heterocycles. The molecule has 1 aromatic heterocycles. The molecule has 1 aliphatic heterocycles. The quantitative estimate of drug-likeness (QED) is 0.574. The molecule has 0 fully saturated rings. The van der Waals surface area contributed by atoms with E-state index in [2.05, 4.69) is 11.9 Å². The molecule has 1 aliphatic rings. The minimum absolute atomic E-state index is 0.0580. The summed E-state index contributed by atoms with van der Waals surface area (Å²) in [7, 11) is -1.72. The average molecular weight is 442 g/mol. The number of nitrogens with one attached hydrogen (secondary N) is 1. The summed E-state index contributed by atoms with van der Waals surface area (Å²) in [5, 5.41) is 24.2. The topological polar surface area (TPSA) is 91.6 Å². The van der Waals surface area contributed by atoms with Gasteiger partial charge in [-0.1, -0.05) is 54.4 Å². The highest BCUT2D eigenvalue weighted by molar-refractivity contribution is 8.02. The second kappa shape index (κ2) is 10.6. The van der Waals surface area contributed by atoms with Crippen LogP contribution in [0.4, 0.5) is 0 Å². The van der Waals surface area contributed by atoms with Gasteiger partial charge in [0.25, 0.3) is 0 Å². The van der Waals surface area contributed by atoms with E-state index in [1.54, 1.807) is 16.3 Å². The minimum Gasteiger partial charge on any atom is -0.426 e. The van der Waals surface area contributed by atoms with Gasteiger partial charge in [0.1, 0.15) is 0 Å². The molecule has 0 bridgehead atoms. The number of benzene rings is 1. The molecule has 156 valence electrons. The first kappa shape index (κ1) is 22.4. The molecule has 9 heteroatoms. The first-order chi connectivity index (χ1) is 14.5. The Kier molecular flexibility index (Phi) is 7.92. The lowest BCUT2D eigenvalue weighted by Gasteiger charge is -2.20. The molecule has 3 N–H and O–H groups in total. The van der Waals surface area contributed by atoms with Crippen molar-refractivity contribution in [3.05, 3.63) is 81.4 Å². The number of carbonyl (C=O) groups is 1. The number of aromatic nitrogens is 1. The molecule has 30 heavy (non-hydrogen) atoms. The Morgan fingerprint density at radius 3 is 2.90 bits per heavy atom. The SMILES string of the molecule is C=C1/C=C\C=C/CSC=C1C[C@H](NC(=O)CCn1c(=O)sc2ccccc21)B(O)O. The molecule has 0 unspecified atom stereocenters. The van der Waals surface area contributed by atoms with Crippen LogP contribution in [0.2, 0.25) is 0 Å². The Morgan fingerprint density at radius 1 is 1.30 bits per heavy atom. The second-order valence-corrected chi connectivity index (χ2v) is 8.71. The molecule has 0 spiro atoms. The van der Waals surface area contributed by atoms with Crippen molar-refractivity contribution in [2.75, 3.05) is 5.75 Å². The van der Waals surface area contributed by atoms with Crippen LogP contribution >= 0.6 is 23.1 Å². The van der Waals surface area contributed by atoms with E-state index in [4.69, 9.17) is 0 Å². The van der Waals surface area contributed by atoms with Crippen molar-refractivity contribution in [1.82, 2.24) is 9.88 Å². The van der Waals surface area contributed by atoms with Gasteiger partial charge in [0.05, 0.1) is 16.2 Å². The van der Waals surface area contributed by atoms with Gasteiger partial charge in [0.2, 0.25) is 5.91 Å². The highest BCUT2D eigenvalue weighted by Gasteiger charge is 2.27. The molecule has 0 radical (unpaired) electrons. The molecule has 2 heterocycles. The second-order valence-electron chi connectivity index (χ2n) is 6.82. The van der Waals surface area contributed by atoms with Crippen molar-refractivity contribution >= 4 is 46.3 Å². The van der Waals surface area contributed by atoms with Gasteiger partial charge in [-0.25, -0.2) is 0 Å². The molecule has 1 amide bonds. The van der Waals surface area contributed by atoms with E-state index < -0.39 is 13.1 Å². The largest absolute Gasteiger partial charge is 0.475 e. The molecule has 1 aromatic carbocycles. The van der Waals surface area contributed by atoms with E-state index in [1.165, 1.54) is 0 Å². The standard InChI is InChI=1S/C21H23BN2O4S2/c1-15-7-3-2-6-12-29-14-16(15)13-19(22(27)28)23-20(25)10-11-24-17-8-4-5-9-18(17)30-21(24)26/h2-9,14,19,27-28H,1,10-13H2,(H,23,25)/b6-2-,7-3-,16-14?/t19-/m0/s1. The van der Waals surface area contributed by atoms with Crippen molar-refractivity contribution in [3.63, 3.8) is 0 Å². The summed E-state index contributed by atoms with van der Waals surface area (Å²) in [5.74, 6) is -0.433. The fourth-order valence-electron chi connectivity index (χ4n) is 3.06. The fourth-order valence-corrected chi connectivity index (χ4v) is 4.74. The van der Waals surface area contributed by atoms with Crippen LogP contribution in [-0.4, -0.2) is 39.3 Å². The predicted molar refractivity (Wildman–Crippen MR) is 125 cm³/mol. The first-order valence-electron chi connectivity index (χ1n) is 9.52. The van der Waals surface area contributed by atoms with Crippen LogP contribution in [0.3, 0.4) is 0 Å². The van der Waals surface area contributed by atoms with Crippen LogP contribution in [0, 0.1) is 0 Å².